The van der Waals surface area contributed by atoms with Crippen molar-refractivity contribution in [3.05, 3.63) is 97.5 Å². The third-order valence-electron chi connectivity index (χ3n) is 10.7. The average molecular weight is 914 g/mol. The molecule has 1 amide bonds. The van der Waals surface area contributed by atoms with Crippen LogP contribution in [0, 0.1) is 22.2 Å². The number of ether oxygens (including phenoxy) is 3. The predicted molar refractivity (Wildman–Crippen MR) is 229 cm³/mol. The molecule has 0 bridgehead atoms. The first-order valence-corrected chi connectivity index (χ1v) is 22.2. The van der Waals surface area contributed by atoms with Gasteiger partial charge in [-0.2, -0.15) is 0 Å². The molecule has 1 aromatic heterocycles. The van der Waals surface area contributed by atoms with E-state index in [9.17, 15) is 13.2 Å². The van der Waals surface area contributed by atoms with Gasteiger partial charge in [-0.1, -0.05) is 31.2 Å². The number of rotatable bonds is 10. The van der Waals surface area contributed by atoms with Gasteiger partial charge in [0, 0.05) is 59.7 Å². The SMILES string of the molecule is COc1ccc(CN(Cc2ccc(OC)cc2)c2cc(C)c(I)c(C3Cc4nc(S(C)(=O)=O)nc(N5CCN(C(=O)OC(C)(C)C)C[C@@H]5C)c4CC3C)c2F)cc1. The lowest BCUT2D eigenvalue weighted by Crippen LogP contribution is -2.55. The van der Waals surface area contributed by atoms with Gasteiger partial charge in [-0.15, -0.1) is 0 Å². The zero-order chi connectivity index (χ0) is 41.4. The highest BCUT2D eigenvalue weighted by molar-refractivity contribution is 14.1. The van der Waals surface area contributed by atoms with Gasteiger partial charge in [0.15, 0.2) is 5.82 Å². The number of aryl methyl sites for hydroxylation is 1. The van der Waals surface area contributed by atoms with Crippen molar-refractivity contribution in [1.82, 2.24) is 14.9 Å². The number of hydrogen-bond donors (Lipinski definition) is 0. The minimum Gasteiger partial charge on any atom is -0.497 e. The van der Waals surface area contributed by atoms with Gasteiger partial charge in [0.1, 0.15) is 22.9 Å². The summed E-state index contributed by atoms with van der Waals surface area (Å²) in [6, 6.07) is 17.4. The van der Waals surface area contributed by atoms with Gasteiger partial charge in [0.05, 0.1) is 25.6 Å². The van der Waals surface area contributed by atoms with Crippen LogP contribution in [0.2, 0.25) is 0 Å². The lowest BCUT2D eigenvalue weighted by atomic mass is 9.74. The van der Waals surface area contributed by atoms with Crippen LogP contribution in [0.5, 0.6) is 11.5 Å². The molecular formula is C43H53FIN5O6S. The number of nitrogens with zero attached hydrogens (tertiary/aromatic N) is 5. The molecule has 11 nitrogen and oxygen atoms in total. The van der Waals surface area contributed by atoms with Crippen LogP contribution in [0.4, 0.5) is 20.7 Å². The monoisotopic (exact) mass is 913 g/mol. The Morgan fingerprint density at radius 1 is 0.947 bits per heavy atom. The molecule has 14 heteroatoms. The summed E-state index contributed by atoms with van der Waals surface area (Å²) < 4.78 is 61.0. The molecule has 3 atom stereocenters. The average Bonchev–Trinajstić information content (AvgIpc) is 3.15. The molecule has 2 unspecified atom stereocenters. The van der Waals surface area contributed by atoms with Crippen molar-refractivity contribution in [2.45, 2.75) is 90.2 Å². The molecule has 2 heterocycles. The number of carbonyl (C=O) groups excluding carboxylic acids is 1. The van der Waals surface area contributed by atoms with Crippen LogP contribution >= 0.6 is 22.6 Å². The summed E-state index contributed by atoms with van der Waals surface area (Å²) in [6.07, 6.45) is 1.60. The lowest BCUT2D eigenvalue weighted by molar-refractivity contribution is 0.0218. The Morgan fingerprint density at radius 2 is 1.53 bits per heavy atom. The van der Waals surface area contributed by atoms with E-state index in [0.717, 1.165) is 43.6 Å². The molecule has 1 aliphatic heterocycles. The second kappa shape index (κ2) is 17.0. The topological polar surface area (TPSA) is 114 Å². The van der Waals surface area contributed by atoms with Crippen molar-refractivity contribution in [3.63, 3.8) is 0 Å². The second-order valence-electron chi connectivity index (χ2n) is 16.3. The maximum Gasteiger partial charge on any atom is 0.410 e. The van der Waals surface area contributed by atoms with Gasteiger partial charge >= 0.3 is 6.09 Å². The van der Waals surface area contributed by atoms with Crippen LogP contribution in [0.1, 0.15) is 74.0 Å². The summed E-state index contributed by atoms with van der Waals surface area (Å²) in [6.45, 7) is 13.8. The summed E-state index contributed by atoms with van der Waals surface area (Å²) in [7, 11) is -0.535. The molecule has 1 aliphatic carbocycles. The van der Waals surface area contributed by atoms with Crippen LogP contribution < -0.4 is 19.3 Å². The van der Waals surface area contributed by atoms with Crippen LogP contribution in [0.25, 0.3) is 0 Å². The largest absolute Gasteiger partial charge is 0.497 e. The maximum atomic E-state index is 17.6. The smallest absolute Gasteiger partial charge is 0.410 e. The molecule has 1 saturated heterocycles. The van der Waals surface area contributed by atoms with Crippen LogP contribution in [0.15, 0.2) is 59.8 Å². The number of sulfone groups is 1. The van der Waals surface area contributed by atoms with E-state index in [1.807, 2.05) is 89.2 Å². The van der Waals surface area contributed by atoms with E-state index in [2.05, 4.69) is 49.3 Å². The Balaban J connectivity index is 1.38. The molecule has 4 aromatic rings. The van der Waals surface area contributed by atoms with E-state index in [-0.39, 0.29) is 34.9 Å². The summed E-state index contributed by atoms with van der Waals surface area (Å²) in [5, 5.41) is -0.253. The molecule has 0 radical (unpaired) electrons. The number of aromatic nitrogens is 2. The van der Waals surface area contributed by atoms with E-state index in [1.165, 1.54) is 0 Å². The number of amides is 1. The Hall–Kier alpha value is -4.18. The van der Waals surface area contributed by atoms with Gasteiger partial charge in [-0.3, -0.25) is 0 Å². The molecule has 0 saturated carbocycles. The van der Waals surface area contributed by atoms with Crippen LogP contribution in [-0.2, 0) is 40.5 Å². The number of carbonyl (C=O) groups is 1. The third-order valence-corrected chi connectivity index (χ3v) is 13.0. The first-order chi connectivity index (χ1) is 26.9. The van der Waals surface area contributed by atoms with Crippen molar-refractivity contribution in [1.29, 1.82) is 0 Å². The Labute approximate surface area is 350 Å². The minimum absolute atomic E-state index is 0.0309. The molecule has 6 rings (SSSR count). The molecule has 3 aromatic carbocycles. The molecule has 2 aliphatic rings. The maximum absolute atomic E-state index is 17.6. The van der Waals surface area contributed by atoms with Crippen molar-refractivity contribution in [3.8, 4) is 11.5 Å². The highest BCUT2D eigenvalue weighted by Gasteiger charge is 2.39. The van der Waals surface area contributed by atoms with Crippen molar-refractivity contribution < 1.29 is 31.8 Å². The number of methoxy groups -OCH3 is 2. The number of halogens is 2. The fourth-order valence-corrected chi connectivity index (χ4v) is 9.09. The zero-order valence-electron chi connectivity index (χ0n) is 34.2. The number of anilines is 2. The molecule has 306 valence electrons. The van der Waals surface area contributed by atoms with Crippen molar-refractivity contribution >= 4 is 50.0 Å². The number of fused-ring (bicyclic) bond motifs is 1. The highest BCUT2D eigenvalue weighted by atomic mass is 127. The fourth-order valence-electron chi connectivity index (χ4n) is 7.76. The first kappa shape index (κ1) is 42.4. The van der Waals surface area contributed by atoms with E-state index in [1.54, 1.807) is 19.1 Å². The minimum atomic E-state index is -3.80. The van der Waals surface area contributed by atoms with E-state index in [0.29, 0.717) is 68.3 Å². The van der Waals surface area contributed by atoms with E-state index in [4.69, 9.17) is 14.2 Å². The summed E-state index contributed by atoms with van der Waals surface area (Å²) in [4.78, 5) is 28.1. The van der Waals surface area contributed by atoms with Crippen molar-refractivity contribution in [2.24, 2.45) is 5.92 Å². The number of piperazine rings is 1. The Morgan fingerprint density at radius 3 is 2.04 bits per heavy atom. The predicted octanol–water partition coefficient (Wildman–Crippen LogP) is 8.12. The Bertz CT molecular complexity index is 2170. The molecule has 0 spiro atoms. The normalized spacial score (nSPS) is 18.5. The fraction of sp³-hybridized carbons (Fsp3) is 0.465. The Kier molecular flexibility index (Phi) is 12.6. The molecule has 1 fully saturated rings. The van der Waals surface area contributed by atoms with Gasteiger partial charge in [-0.25, -0.2) is 27.6 Å². The van der Waals surface area contributed by atoms with Gasteiger partial charge in [-0.05, 0) is 129 Å². The zero-order valence-corrected chi connectivity index (χ0v) is 37.2. The summed E-state index contributed by atoms with van der Waals surface area (Å²) in [5.74, 6) is 1.44. The van der Waals surface area contributed by atoms with E-state index < -0.39 is 15.4 Å². The van der Waals surface area contributed by atoms with E-state index >= 15 is 4.39 Å². The van der Waals surface area contributed by atoms with Gasteiger partial charge in [0.2, 0.25) is 15.0 Å². The van der Waals surface area contributed by atoms with Gasteiger partial charge < -0.3 is 28.9 Å². The van der Waals surface area contributed by atoms with Gasteiger partial charge in [0.25, 0.3) is 0 Å². The quantitative estimate of drug-likeness (QED) is 0.114. The molecular weight excluding hydrogens is 860 g/mol. The van der Waals surface area contributed by atoms with Crippen molar-refractivity contribution in [2.75, 3.05) is 49.9 Å². The molecule has 57 heavy (non-hydrogen) atoms. The number of hydrogen-bond acceptors (Lipinski definition) is 10. The van der Waals surface area contributed by atoms with Crippen LogP contribution in [-0.4, -0.2) is 81.1 Å². The standard InChI is InChI=1S/C43H53FIN5O6S/c1-26-20-34-35(46-41(57(9,52)53)47-40(34)50-19-18-48(23-28(50)3)42(51)56-43(4,5)6)22-33(26)37-38(44)36(21-27(2)39(37)45)49(24-29-10-14-31(54-7)15-11-29)25-30-12-16-32(55-8)17-13-30/h10-17,21,26,28,33H,18-20,22-25H2,1-9H3/t26?,28-,33?/m0/s1. The second-order valence-corrected chi connectivity index (χ2v) is 19.3. The third kappa shape index (κ3) is 9.59. The summed E-state index contributed by atoms with van der Waals surface area (Å²) >= 11 is 2.26. The lowest BCUT2D eigenvalue weighted by Gasteiger charge is -2.42. The highest BCUT2D eigenvalue weighted by Crippen LogP contribution is 2.45. The number of benzene rings is 3. The van der Waals surface area contributed by atoms with Crippen LogP contribution in [0.3, 0.4) is 0 Å². The molecule has 0 N–H and O–H groups in total. The first-order valence-electron chi connectivity index (χ1n) is 19.2. The summed E-state index contributed by atoms with van der Waals surface area (Å²) in [5.41, 5.74) is 4.90.